The van der Waals surface area contributed by atoms with Gasteiger partial charge in [-0.25, -0.2) is 12.7 Å². The van der Waals surface area contributed by atoms with E-state index in [0.29, 0.717) is 13.0 Å². The number of nitrogens with zero attached hydrogens (tertiary/aromatic N) is 2. The Morgan fingerprint density at radius 3 is 2.32 bits per heavy atom. The first kappa shape index (κ1) is 27.5. The SMILES string of the molecule is CCC(C)NC(=O)C(C)N(Cc1cccc(C)c1)C(=O)CCCN(C)S(=O)(=O)c1ccccc1. The van der Waals surface area contributed by atoms with Gasteiger partial charge < -0.3 is 10.2 Å². The van der Waals surface area contributed by atoms with Gasteiger partial charge >= 0.3 is 0 Å². The minimum absolute atomic E-state index is 0.0164. The van der Waals surface area contributed by atoms with Crippen LogP contribution in [0.25, 0.3) is 0 Å². The molecule has 0 saturated carbocycles. The zero-order valence-corrected chi connectivity index (χ0v) is 21.6. The molecule has 2 aromatic carbocycles. The maximum absolute atomic E-state index is 13.2. The number of aryl methyl sites for hydroxylation is 1. The number of benzene rings is 2. The van der Waals surface area contributed by atoms with Crippen LogP contribution in [0.1, 0.15) is 51.2 Å². The van der Waals surface area contributed by atoms with E-state index in [1.807, 2.05) is 45.0 Å². The van der Waals surface area contributed by atoms with E-state index in [1.54, 1.807) is 42.2 Å². The molecule has 1 N–H and O–H groups in total. The average Bonchev–Trinajstić information content (AvgIpc) is 2.82. The number of nitrogens with one attached hydrogen (secondary N) is 1. The lowest BCUT2D eigenvalue weighted by Crippen LogP contribution is -2.49. The van der Waals surface area contributed by atoms with Gasteiger partial charge in [-0.05, 0) is 51.3 Å². The first-order valence-electron chi connectivity index (χ1n) is 11.7. The van der Waals surface area contributed by atoms with Gasteiger partial charge in [-0.2, -0.15) is 0 Å². The van der Waals surface area contributed by atoms with Crippen molar-refractivity contribution in [2.45, 2.75) is 70.5 Å². The number of amides is 2. The topological polar surface area (TPSA) is 86.8 Å². The number of carbonyl (C=O) groups excluding carboxylic acids is 2. The molecule has 0 fully saturated rings. The molecule has 186 valence electrons. The second-order valence-electron chi connectivity index (χ2n) is 8.75. The van der Waals surface area contributed by atoms with Crippen molar-refractivity contribution in [3.05, 3.63) is 65.7 Å². The molecule has 0 radical (unpaired) electrons. The number of rotatable bonds is 12. The molecule has 0 aliphatic rings. The summed E-state index contributed by atoms with van der Waals surface area (Å²) >= 11 is 0. The van der Waals surface area contributed by atoms with E-state index in [1.165, 1.54) is 11.4 Å². The standard InChI is InChI=1S/C26H37N3O4S/c1-6-21(3)27-26(31)22(4)29(19-23-13-10-12-20(2)18-23)25(30)16-11-17-28(5)34(32,33)24-14-8-7-9-15-24/h7-10,12-15,18,21-22H,6,11,16-17,19H2,1-5H3,(H,27,31). The van der Waals surface area contributed by atoms with Crippen LogP contribution in [-0.2, 0) is 26.2 Å². The zero-order chi connectivity index (χ0) is 25.3. The van der Waals surface area contributed by atoms with Crippen molar-refractivity contribution in [2.24, 2.45) is 0 Å². The Kier molecular flexibility index (Phi) is 10.3. The van der Waals surface area contributed by atoms with E-state index >= 15 is 0 Å². The van der Waals surface area contributed by atoms with Crippen molar-refractivity contribution in [3.8, 4) is 0 Å². The number of sulfonamides is 1. The molecular formula is C26H37N3O4S. The minimum Gasteiger partial charge on any atom is -0.352 e. The van der Waals surface area contributed by atoms with Gasteiger partial charge in [0.05, 0.1) is 4.90 Å². The van der Waals surface area contributed by atoms with Crippen LogP contribution < -0.4 is 5.32 Å². The summed E-state index contributed by atoms with van der Waals surface area (Å²) in [5.74, 6) is -0.377. The van der Waals surface area contributed by atoms with E-state index in [-0.39, 0.29) is 35.7 Å². The fourth-order valence-corrected chi connectivity index (χ4v) is 4.77. The summed E-state index contributed by atoms with van der Waals surface area (Å²) in [5.41, 5.74) is 2.02. The Morgan fingerprint density at radius 2 is 1.71 bits per heavy atom. The predicted octanol–water partition coefficient (Wildman–Crippen LogP) is 3.73. The van der Waals surface area contributed by atoms with Gasteiger partial charge in [0.25, 0.3) is 0 Å². The number of hydrogen-bond acceptors (Lipinski definition) is 4. The molecule has 2 amide bonds. The van der Waals surface area contributed by atoms with Crippen molar-refractivity contribution in [1.82, 2.24) is 14.5 Å². The molecule has 0 aliphatic heterocycles. The second-order valence-corrected chi connectivity index (χ2v) is 10.8. The maximum Gasteiger partial charge on any atom is 0.242 e. The highest BCUT2D eigenvalue weighted by atomic mass is 32.2. The first-order valence-corrected chi connectivity index (χ1v) is 13.2. The van der Waals surface area contributed by atoms with Gasteiger partial charge in [0.2, 0.25) is 21.8 Å². The molecule has 0 saturated heterocycles. The molecule has 0 bridgehead atoms. The lowest BCUT2D eigenvalue weighted by atomic mass is 10.1. The van der Waals surface area contributed by atoms with Crippen LogP contribution >= 0.6 is 0 Å². The van der Waals surface area contributed by atoms with Gasteiger partial charge in [0.15, 0.2) is 0 Å². The molecule has 0 aromatic heterocycles. The van der Waals surface area contributed by atoms with Gasteiger partial charge in [0.1, 0.15) is 6.04 Å². The van der Waals surface area contributed by atoms with Crippen molar-refractivity contribution in [2.75, 3.05) is 13.6 Å². The van der Waals surface area contributed by atoms with Crippen molar-refractivity contribution < 1.29 is 18.0 Å². The minimum atomic E-state index is -3.61. The lowest BCUT2D eigenvalue weighted by Gasteiger charge is -2.30. The van der Waals surface area contributed by atoms with E-state index in [4.69, 9.17) is 0 Å². The fourth-order valence-electron chi connectivity index (χ4n) is 3.54. The Balaban J connectivity index is 2.09. The quantitative estimate of drug-likeness (QED) is 0.494. The highest BCUT2D eigenvalue weighted by molar-refractivity contribution is 7.89. The van der Waals surface area contributed by atoms with Crippen LogP contribution in [0, 0.1) is 6.92 Å². The molecule has 2 atom stereocenters. The van der Waals surface area contributed by atoms with Crippen LogP contribution in [0.2, 0.25) is 0 Å². The van der Waals surface area contributed by atoms with Crippen molar-refractivity contribution in [3.63, 3.8) is 0 Å². The summed E-state index contributed by atoms with van der Waals surface area (Å²) in [7, 11) is -2.10. The molecule has 2 rings (SSSR count). The molecule has 0 spiro atoms. The zero-order valence-electron chi connectivity index (χ0n) is 20.8. The summed E-state index contributed by atoms with van der Waals surface area (Å²) in [6.45, 7) is 8.16. The predicted molar refractivity (Wildman–Crippen MR) is 135 cm³/mol. The van der Waals surface area contributed by atoms with E-state index in [2.05, 4.69) is 5.32 Å². The molecular weight excluding hydrogens is 450 g/mol. The third-order valence-corrected chi connectivity index (χ3v) is 7.79. The highest BCUT2D eigenvalue weighted by Crippen LogP contribution is 2.16. The summed E-state index contributed by atoms with van der Waals surface area (Å²) in [6.07, 6.45) is 1.29. The molecule has 2 unspecified atom stereocenters. The Morgan fingerprint density at radius 1 is 1.03 bits per heavy atom. The van der Waals surface area contributed by atoms with Crippen LogP contribution in [0.4, 0.5) is 0 Å². The molecule has 2 aromatic rings. The second kappa shape index (κ2) is 12.7. The summed E-state index contributed by atoms with van der Waals surface area (Å²) in [4.78, 5) is 27.8. The number of hydrogen-bond donors (Lipinski definition) is 1. The number of carbonyl (C=O) groups is 2. The highest BCUT2D eigenvalue weighted by Gasteiger charge is 2.27. The van der Waals surface area contributed by atoms with Crippen LogP contribution in [0.3, 0.4) is 0 Å². The summed E-state index contributed by atoms with van der Waals surface area (Å²) in [6, 6.07) is 15.5. The molecule has 0 aliphatic carbocycles. The van der Waals surface area contributed by atoms with Crippen molar-refractivity contribution in [1.29, 1.82) is 0 Å². The molecule has 34 heavy (non-hydrogen) atoms. The first-order chi connectivity index (χ1) is 16.1. The summed E-state index contributed by atoms with van der Waals surface area (Å²) in [5, 5.41) is 2.95. The lowest BCUT2D eigenvalue weighted by molar-refractivity contribution is -0.141. The van der Waals surface area contributed by atoms with Gasteiger partial charge in [0, 0.05) is 32.6 Å². The van der Waals surface area contributed by atoms with Crippen LogP contribution in [0.5, 0.6) is 0 Å². The monoisotopic (exact) mass is 487 g/mol. The average molecular weight is 488 g/mol. The Bertz CT molecular complexity index is 1060. The third kappa shape index (κ3) is 7.67. The third-order valence-electron chi connectivity index (χ3n) is 5.92. The molecule has 7 nitrogen and oxygen atoms in total. The van der Waals surface area contributed by atoms with E-state index in [0.717, 1.165) is 17.5 Å². The maximum atomic E-state index is 13.2. The Labute approximate surface area is 204 Å². The molecule has 0 heterocycles. The van der Waals surface area contributed by atoms with Crippen LogP contribution in [0.15, 0.2) is 59.5 Å². The Hall–Kier alpha value is -2.71. The smallest absolute Gasteiger partial charge is 0.242 e. The molecule has 8 heteroatoms. The fraction of sp³-hybridized carbons (Fsp3) is 0.462. The van der Waals surface area contributed by atoms with Gasteiger partial charge in [-0.15, -0.1) is 0 Å². The van der Waals surface area contributed by atoms with Crippen molar-refractivity contribution >= 4 is 21.8 Å². The summed E-state index contributed by atoms with van der Waals surface area (Å²) < 4.78 is 26.7. The van der Waals surface area contributed by atoms with E-state index in [9.17, 15) is 18.0 Å². The largest absolute Gasteiger partial charge is 0.352 e. The normalized spacial score (nSPS) is 13.4. The van der Waals surface area contributed by atoms with Crippen LogP contribution in [-0.4, -0.2) is 55.1 Å². The van der Waals surface area contributed by atoms with Gasteiger partial charge in [-0.3, -0.25) is 9.59 Å². The van der Waals surface area contributed by atoms with E-state index < -0.39 is 16.1 Å². The van der Waals surface area contributed by atoms with Gasteiger partial charge in [-0.1, -0.05) is 55.0 Å².